The first-order chi connectivity index (χ1) is 16.2. The van der Waals surface area contributed by atoms with Crippen LogP contribution in [0, 0.1) is 13.8 Å². The Morgan fingerprint density at radius 2 is 1.79 bits per heavy atom. The van der Waals surface area contributed by atoms with E-state index in [4.69, 9.17) is 4.74 Å². The number of nitrogens with zero attached hydrogens (tertiary/aromatic N) is 2. The maximum Gasteiger partial charge on any atom is 0.264 e. The number of methoxy groups -OCH3 is 1. The van der Waals surface area contributed by atoms with E-state index in [-0.39, 0.29) is 29.8 Å². The van der Waals surface area contributed by atoms with Gasteiger partial charge in [-0.15, -0.1) is 0 Å². The van der Waals surface area contributed by atoms with Crippen LogP contribution in [0.1, 0.15) is 43.7 Å². The highest BCUT2D eigenvalue weighted by atomic mass is 32.2. The molecule has 34 heavy (non-hydrogen) atoms. The highest BCUT2D eigenvalue weighted by Gasteiger charge is 2.28. The van der Waals surface area contributed by atoms with Crippen molar-refractivity contribution >= 4 is 21.6 Å². The molecule has 2 aromatic carbocycles. The largest absolute Gasteiger partial charge is 0.497 e. The lowest BCUT2D eigenvalue weighted by Gasteiger charge is -2.32. The lowest BCUT2D eigenvalue weighted by molar-refractivity contribution is -0.121. The normalized spacial score (nSPS) is 15.2. The Balaban J connectivity index is 1.74. The number of rotatable bonds is 10. The second kappa shape index (κ2) is 11.7. The summed E-state index contributed by atoms with van der Waals surface area (Å²) in [4.78, 5) is 15.4. The summed E-state index contributed by atoms with van der Waals surface area (Å²) >= 11 is 0. The van der Waals surface area contributed by atoms with E-state index in [1.54, 1.807) is 50.4 Å². The minimum absolute atomic E-state index is 0.0580. The van der Waals surface area contributed by atoms with Crippen molar-refractivity contribution in [3.05, 3.63) is 53.6 Å². The van der Waals surface area contributed by atoms with Gasteiger partial charge in [-0.2, -0.15) is 0 Å². The number of carbonyl (C=O) groups is 1. The van der Waals surface area contributed by atoms with Crippen LogP contribution in [0.15, 0.2) is 47.4 Å². The zero-order valence-corrected chi connectivity index (χ0v) is 21.5. The molecule has 1 N–H and O–H groups in total. The van der Waals surface area contributed by atoms with Crippen LogP contribution in [0.3, 0.4) is 0 Å². The number of carbonyl (C=O) groups excluding carboxylic acids is 1. The Labute approximate surface area is 204 Å². The Morgan fingerprint density at radius 1 is 1.12 bits per heavy atom. The first-order valence-electron chi connectivity index (χ1n) is 12.0. The number of amides is 1. The van der Waals surface area contributed by atoms with Crippen molar-refractivity contribution in [1.29, 1.82) is 0 Å². The van der Waals surface area contributed by atoms with E-state index in [0.717, 1.165) is 44.5 Å². The summed E-state index contributed by atoms with van der Waals surface area (Å²) in [6.45, 7) is 9.02. The molecule has 0 aromatic heterocycles. The molecule has 0 bridgehead atoms. The van der Waals surface area contributed by atoms with Gasteiger partial charge in [-0.05, 0) is 75.5 Å². The molecular formula is C26H37N3O4S. The average Bonchev–Trinajstić information content (AvgIpc) is 2.80. The number of hydrogen-bond acceptors (Lipinski definition) is 5. The minimum Gasteiger partial charge on any atom is -0.497 e. The number of nitrogens with one attached hydrogen (secondary N) is 1. The van der Waals surface area contributed by atoms with Gasteiger partial charge in [0.1, 0.15) is 5.75 Å². The minimum atomic E-state index is -3.86. The van der Waals surface area contributed by atoms with Gasteiger partial charge < -0.3 is 15.0 Å². The third-order valence-corrected chi connectivity index (χ3v) is 8.28. The van der Waals surface area contributed by atoms with Gasteiger partial charge in [0.05, 0.1) is 17.7 Å². The molecule has 8 heteroatoms. The Hall–Kier alpha value is -2.58. The lowest BCUT2D eigenvalue weighted by Crippen LogP contribution is -2.45. The molecule has 186 valence electrons. The summed E-state index contributed by atoms with van der Waals surface area (Å²) in [6.07, 6.45) is 3.07. The molecule has 1 aliphatic heterocycles. The van der Waals surface area contributed by atoms with E-state index in [1.165, 1.54) is 4.31 Å². The van der Waals surface area contributed by atoms with Gasteiger partial charge in [-0.25, -0.2) is 8.42 Å². The number of sulfonamides is 1. The number of aryl methyl sites for hydroxylation is 2. The summed E-state index contributed by atoms with van der Waals surface area (Å²) in [7, 11) is -2.29. The monoisotopic (exact) mass is 487 g/mol. The van der Waals surface area contributed by atoms with Gasteiger partial charge in [0.2, 0.25) is 5.91 Å². The third kappa shape index (κ3) is 6.51. The molecule has 0 atom stereocenters. The number of hydrogen-bond donors (Lipinski definition) is 1. The summed E-state index contributed by atoms with van der Waals surface area (Å²) < 4.78 is 33.9. The van der Waals surface area contributed by atoms with Crippen molar-refractivity contribution in [2.75, 3.05) is 37.6 Å². The number of benzene rings is 2. The molecule has 0 unspecified atom stereocenters. The molecule has 3 rings (SSSR count). The fourth-order valence-corrected chi connectivity index (χ4v) is 6.14. The molecule has 0 spiro atoms. The third-order valence-electron chi connectivity index (χ3n) is 6.29. The zero-order valence-electron chi connectivity index (χ0n) is 20.7. The first-order valence-corrected chi connectivity index (χ1v) is 13.4. The number of anilines is 1. The zero-order chi connectivity index (χ0) is 24.7. The van der Waals surface area contributed by atoms with Crippen molar-refractivity contribution < 1.29 is 17.9 Å². The molecule has 1 amide bonds. The lowest BCUT2D eigenvalue weighted by atomic mass is 10.0. The highest BCUT2D eigenvalue weighted by molar-refractivity contribution is 7.92. The van der Waals surface area contributed by atoms with E-state index >= 15 is 0 Å². The van der Waals surface area contributed by atoms with E-state index in [0.29, 0.717) is 17.0 Å². The fourth-order valence-electron chi connectivity index (χ4n) is 4.46. The first kappa shape index (κ1) is 26.0. The summed E-state index contributed by atoms with van der Waals surface area (Å²) in [5.41, 5.74) is 2.18. The topological polar surface area (TPSA) is 79.0 Å². The van der Waals surface area contributed by atoms with Crippen molar-refractivity contribution in [2.45, 2.75) is 57.4 Å². The van der Waals surface area contributed by atoms with Gasteiger partial charge in [0, 0.05) is 32.1 Å². The molecule has 1 saturated heterocycles. The van der Waals surface area contributed by atoms with Gasteiger partial charge >= 0.3 is 0 Å². The van der Waals surface area contributed by atoms with Gasteiger partial charge in [-0.1, -0.05) is 24.6 Å². The smallest absolute Gasteiger partial charge is 0.264 e. The SMILES string of the molecule is CCCN1CCC(NC(=O)CCN(c2ccc(OC)cc2)S(=O)(=O)c2ccc(C)cc2C)CC1. The van der Waals surface area contributed by atoms with Crippen LogP contribution in [0.2, 0.25) is 0 Å². The molecular weight excluding hydrogens is 450 g/mol. The number of ether oxygens (including phenoxy) is 1. The molecule has 1 aliphatic rings. The molecule has 1 fully saturated rings. The van der Waals surface area contributed by atoms with Gasteiger partial charge in [0.15, 0.2) is 0 Å². The van der Waals surface area contributed by atoms with E-state index in [2.05, 4.69) is 17.1 Å². The summed E-state index contributed by atoms with van der Waals surface area (Å²) in [6, 6.07) is 12.3. The Morgan fingerprint density at radius 3 is 2.38 bits per heavy atom. The fraction of sp³-hybridized carbons (Fsp3) is 0.500. The molecule has 1 heterocycles. The molecule has 7 nitrogen and oxygen atoms in total. The van der Waals surface area contributed by atoms with Crippen LogP contribution >= 0.6 is 0 Å². The number of piperidine rings is 1. The van der Waals surface area contributed by atoms with Gasteiger partial charge in [0.25, 0.3) is 10.0 Å². The van der Waals surface area contributed by atoms with Crippen LogP contribution in [0.4, 0.5) is 5.69 Å². The second-order valence-corrected chi connectivity index (χ2v) is 10.8. The Bertz CT molecular complexity index is 1060. The average molecular weight is 488 g/mol. The quantitative estimate of drug-likeness (QED) is 0.550. The van der Waals surface area contributed by atoms with Crippen molar-refractivity contribution in [3.63, 3.8) is 0 Å². The maximum absolute atomic E-state index is 13.7. The van der Waals surface area contributed by atoms with Gasteiger partial charge in [-0.3, -0.25) is 9.10 Å². The van der Waals surface area contributed by atoms with Crippen LogP contribution in [0.25, 0.3) is 0 Å². The van der Waals surface area contributed by atoms with E-state index in [1.807, 2.05) is 13.0 Å². The molecule has 0 aliphatic carbocycles. The van der Waals surface area contributed by atoms with Crippen LogP contribution in [-0.4, -0.2) is 58.6 Å². The summed E-state index contributed by atoms with van der Waals surface area (Å²) in [5, 5.41) is 3.11. The van der Waals surface area contributed by atoms with Crippen molar-refractivity contribution in [2.24, 2.45) is 0 Å². The van der Waals surface area contributed by atoms with Crippen molar-refractivity contribution in [1.82, 2.24) is 10.2 Å². The predicted octanol–water partition coefficient (Wildman–Crippen LogP) is 3.89. The van der Waals surface area contributed by atoms with Crippen molar-refractivity contribution in [3.8, 4) is 5.75 Å². The molecule has 0 saturated carbocycles. The number of likely N-dealkylation sites (tertiary alicyclic amines) is 1. The molecule has 0 radical (unpaired) electrons. The van der Waals surface area contributed by atoms with Crippen LogP contribution < -0.4 is 14.4 Å². The van der Waals surface area contributed by atoms with E-state index < -0.39 is 10.0 Å². The highest BCUT2D eigenvalue weighted by Crippen LogP contribution is 2.28. The standard InChI is InChI=1S/C26H37N3O4S/c1-5-15-28-16-12-22(13-17-28)27-26(30)14-18-29(23-7-9-24(33-4)10-8-23)34(31,32)25-11-6-20(2)19-21(25)3/h6-11,19,22H,5,12-18H2,1-4H3,(H,27,30). The second-order valence-electron chi connectivity index (χ2n) is 8.98. The van der Waals surface area contributed by atoms with E-state index in [9.17, 15) is 13.2 Å². The molecule has 2 aromatic rings. The maximum atomic E-state index is 13.7. The predicted molar refractivity (Wildman–Crippen MR) is 136 cm³/mol. The van der Waals surface area contributed by atoms with Crippen LogP contribution in [-0.2, 0) is 14.8 Å². The van der Waals surface area contributed by atoms with Crippen LogP contribution in [0.5, 0.6) is 5.75 Å². The summed E-state index contributed by atoms with van der Waals surface area (Å²) in [5.74, 6) is 0.517. The Kier molecular flexibility index (Phi) is 8.97.